The number of hydrogen-bond acceptors (Lipinski definition) is 3. The number of nitrogens with one attached hydrogen (secondary N) is 1. The van der Waals surface area contributed by atoms with Gasteiger partial charge in [-0.25, -0.2) is 0 Å². The van der Waals surface area contributed by atoms with Crippen LogP contribution in [0, 0.1) is 6.92 Å². The van der Waals surface area contributed by atoms with E-state index in [4.69, 9.17) is 4.74 Å². The molecule has 0 fully saturated rings. The van der Waals surface area contributed by atoms with E-state index in [0.717, 1.165) is 17.3 Å². The standard InChI is InChI=1S/C22H29NO2S/c1-17-5-7-18(8-6-17)16-26-14-13-23-21(24)15-25-20-11-9-19(10-12-20)22(2,3)4/h5-12H,13-16H2,1-4H3,(H,23,24). The van der Waals surface area contributed by atoms with Crippen LogP contribution in [0.3, 0.4) is 0 Å². The van der Waals surface area contributed by atoms with Crippen molar-refractivity contribution in [3.05, 3.63) is 65.2 Å². The fourth-order valence-corrected chi connectivity index (χ4v) is 3.21. The molecule has 0 aliphatic carbocycles. The molecule has 0 saturated heterocycles. The van der Waals surface area contributed by atoms with Crippen molar-refractivity contribution >= 4 is 17.7 Å². The summed E-state index contributed by atoms with van der Waals surface area (Å²) in [6.07, 6.45) is 0. The Balaban J connectivity index is 1.61. The second-order valence-corrected chi connectivity index (χ2v) is 8.56. The van der Waals surface area contributed by atoms with E-state index in [1.165, 1.54) is 16.7 Å². The van der Waals surface area contributed by atoms with Gasteiger partial charge < -0.3 is 10.1 Å². The summed E-state index contributed by atoms with van der Waals surface area (Å²) in [4.78, 5) is 11.9. The largest absolute Gasteiger partial charge is 0.484 e. The monoisotopic (exact) mass is 371 g/mol. The second-order valence-electron chi connectivity index (χ2n) is 7.45. The Labute approximate surface area is 161 Å². The van der Waals surface area contributed by atoms with Crippen molar-refractivity contribution in [3.8, 4) is 5.75 Å². The minimum Gasteiger partial charge on any atom is -0.484 e. The molecular formula is C22H29NO2S. The van der Waals surface area contributed by atoms with Crippen molar-refractivity contribution in [2.45, 2.75) is 38.9 Å². The molecule has 2 rings (SSSR count). The molecule has 2 aromatic rings. The lowest BCUT2D eigenvalue weighted by Crippen LogP contribution is -2.30. The smallest absolute Gasteiger partial charge is 0.257 e. The van der Waals surface area contributed by atoms with Crippen molar-refractivity contribution in [1.82, 2.24) is 5.32 Å². The third-order valence-electron chi connectivity index (χ3n) is 4.05. The Morgan fingerprint density at radius 2 is 1.69 bits per heavy atom. The number of aryl methyl sites for hydroxylation is 1. The Morgan fingerprint density at radius 1 is 1.04 bits per heavy atom. The summed E-state index contributed by atoms with van der Waals surface area (Å²) in [7, 11) is 0. The van der Waals surface area contributed by atoms with E-state index in [1.54, 1.807) is 0 Å². The van der Waals surface area contributed by atoms with Gasteiger partial charge in [0.1, 0.15) is 5.75 Å². The van der Waals surface area contributed by atoms with Crippen molar-refractivity contribution in [3.63, 3.8) is 0 Å². The molecule has 0 aliphatic heterocycles. The predicted octanol–water partition coefficient (Wildman–Crippen LogP) is 4.72. The molecule has 0 unspecified atom stereocenters. The molecule has 140 valence electrons. The van der Waals surface area contributed by atoms with Gasteiger partial charge in [-0.1, -0.05) is 62.7 Å². The molecule has 0 bridgehead atoms. The molecule has 2 aromatic carbocycles. The van der Waals surface area contributed by atoms with Crippen molar-refractivity contribution in [1.29, 1.82) is 0 Å². The van der Waals surface area contributed by atoms with Gasteiger partial charge in [0.25, 0.3) is 5.91 Å². The normalized spacial score (nSPS) is 11.2. The van der Waals surface area contributed by atoms with Crippen LogP contribution in [0.25, 0.3) is 0 Å². The van der Waals surface area contributed by atoms with Crippen molar-refractivity contribution in [2.75, 3.05) is 18.9 Å². The second kappa shape index (κ2) is 9.67. The molecule has 0 aliphatic rings. The summed E-state index contributed by atoms with van der Waals surface area (Å²) in [5, 5.41) is 2.90. The molecular weight excluding hydrogens is 342 g/mol. The van der Waals surface area contributed by atoms with E-state index in [-0.39, 0.29) is 17.9 Å². The number of thioether (sulfide) groups is 1. The van der Waals surface area contributed by atoms with Gasteiger partial charge in [-0.05, 0) is 35.6 Å². The molecule has 0 radical (unpaired) electrons. The lowest BCUT2D eigenvalue weighted by molar-refractivity contribution is -0.122. The summed E-state index contributed by atoms with van der Waals surface area (Å²) in [6.45, 7) is 9.32. The minimum atomic E-state index is -0.0826. The van der Waals surface area contributed by atoms with Crippen LogP contribution in [-0.2, 0) is 16.0 Å². The molecule has 3 nitrogen and oxygen atoms in total. The highest BCUT2D eigenvalue weighted by Gasteiger charge is 2.13. The number of rotatable bonds is 8. The van der Waals surface area contributed by atoms with Gasteiger partial charge in [-0.15, -0.1) is 0 Å². The molecule has 0 spiro atoms. The minimum absolute atomic E-state index is 0.0531. The number of ether oxygens (including phenoxy) is 1. The van der Waals surface area contributed by atoms with Gasteiger partial charge in [-0.2, -0.15) is 11.8 Å². The highest BCUT2D eigenvalue weighted by atomic mass is 32.2. The SMILES string of the molecule is Cc1ccc(CSCCNC(=O)COc2ccc(C(C)(C)C)cc2)cc1. The highest BCUT2D eigenvalue weighted by Crippen LogP contribution is 2.24. The Hall–Kier alpha value is -1.94. The third-order valence-corrected chi connectivity index (χ3v) is 5.08. The molecule has 0 heterocycles. The van der Waals surface area contributed by atoms with Crippen molar-refractivity contribution in [2.24, 2.45) is 0 Å². The predicted molar refractivity (Wildman–Crippen MR) is 111 cm³/mol. The van der Waals surface area contributed by atoms with Crippen LogP contribution >= 0.6 is 11.8 Å². The van der Waals surface area contributed by atoms with Crippen LogP contribution in [0.5, 0.6) is 5.75 Å². The first-order valence-corrected chi connectivity index (χ1v) is 10.1. The number of hydrogen-bond donors (Lipinski definition) is 1. The van der Waals surface area contributed by atoms with Crippen LogP contribution in [0.2, 0.25) is 0 Å². The van der Waals surface area contributed by atoms with E-state index in [1.807, 2.05) is 23.9 Å². The fraction of sp³-hybridized carbons (Fsp3) is 0.409. The Bertz CT molecular complexity index is 688. The zero-order chi connectivity index (χ0) is 19.0. The van der Waals surface area contributed by atoms with Crippen LogP contribution in [-0.4, -0.2) is 24.8 Å². The van der Waals surface area contributed by atoms with E-state index >= 15 is 0 Å². The lowest BCUT2D eigenvalue weighted by atomic mass is 9.87. The summed E-state index contributed by atoms with van der Waals surface area (Å²) >= 11 is 1.82. The summed E-state index contributed by atoms with van der Waals surface area (Å²) < 4.78 is 5.55. The molecule has 1 N–H and O–H groups in total. The number of carbonyl (C=O) groups excluding carboxylic acids is 1. The first kappa shape index (κ1) is 20.4. The van der Waals surface area contributed by atoms with E-state index < -0.39 is 0 Å². The first-order chi connectivity index (χ1) is 12.3. The zero-order valence-electron chi connectivity index (χ0n) is 16.2. The van der Waals surface area contributed by atoms with Gasteiger partial charge in [0.05, 0.1) is 0 Å². The summed E-state index contributed by atoms with van der Waals surface area (Å²) in [6, 6.07) is 16.5. The van der Waals surface area contributed by atoms with Crippen LogP contribution in [0.15, 0.2) is 48.5 Å². The zero-order valence-corrected chi connectivity index (χ0v) is 17.0. The van der Waals surface area contributed by atoms with Crippen molar-refractivity contribution < 1.29 is 9.53 Å². The molecule has 0 saturated carbocycles. The van der Waals surface area contributed by atoms with Gasteiger partial charge in [0.15, 0.2) is 6.61 Å². The number of amides is 1. The fourth-order valence-electron chi connectivity index (χ4n) is 2.39. The average molecular weight is 372 g/mol. The van der Waals surface area contributed by atoms with Gasteiger partial charge >= 0.3 is 0 Å². The maximum atomic E-state index is 11.9. The molecule has 0 atom stereocenters. The molecule has 26 heavy (non-hydrogen) atoms. The van der Waals surface area contributed by atoms with E-state index in [2.05, 4.69) is 69.4 Å². The Kier molecular flexibility index (Phi) is 7.58. The maximum absolute atomic E-state index is 11.9. The van der Waals surface area contributed by atoms with Gasteiger partial charge in [0.2, 0.25) is 0 Å². The van der Waals surface area contributed by atoms with Crippen LogP contribution in [0.4, 0.5) is 0 Å². The van der Waals surface area contributed by atoms with E-state index in [9.17, 15) is 4.79 Å². The van der Waals surface area contributed by atoms with Crippen LogP contribution < -0.4 is 10.1 Å². The quantitative estimate of drug-likeness (QED) is 0.682. The lowest BCUT2D eigenvalue weighted by Gasteiger charge is -2.19. The third kappa shape index (κ3) is 7.12. The van der Waals surface area contributed by atoms with Crippen LogP contribution in [0.1, 0.15) is 37.5 Å². The average Bonchev–Trinajstić information content (AvgIpc) is 2.61. The molecule has 1 amide bonds. The van der Waals surface area contributed by atoms with Gasteiger partial charge in [-0.3, -0.25) is 4.79 Å². The molecule has 0 aromatic heterocycles. The first-order valence-electron chi connectivity index (χ1n) is 8.98. The highest BCUT2D eigenvalue weighted by molar-refractivity contribution is 7.98. The topological polar surface area (TPSA) is 38.3 Å². The van der Waals surface area contributed by atoms with E-state index in [0.29, 0.717) is 6.54 Å². The maximum Gasteiger partial charge on any atom is 0.257 e. The number of carbonyl (C=O) groups is 1. The summed E-state index contributed by atoms with van der Waals surface area (Å²) in [5.74, 6) is 2.50. The Morgan fingerprint density at radius 3 is 2.31 bits per heavy atom. The number of benzene rings is 2. The molecule has 4 heteroatoms. The van der Waals surface area contributed by atoms with Gasteiger partial charge in [0, 0.05) is 18.1 Å². The summed E-state index contributed by atoms with van der Waals surface area (Å²) in [5.41, 5.74) is 3.96.